The molecular weight excluding hydrogens is 400 g/mol. The Morgan fingerprint density at radius 1 is 1.23 bits per heavy atom. The van der Waals surface area contributed by atoms with Gasteiger partial charge in [-0.25, -0.2) is 4.79 Å². The van der Waals surface area contributed by atoms with Crippen molar-refractivity contribution in [1.82, 2.24) is 30.1 Å². The minimum atomic E-state index is -0.919. The number of aromatic nitrogens is 3. The summed E-state index contributed by atoms with van der Waals surface area (Å²) in [6.45, 7) is 4.13. The number of carbonyl (C=O) groups excluding carboxylic acids is 3. The topological polar surface area (TPSA) is 122 Å². The van der Waals surface area contributed by atoms with Crippen LogP contribution in [0.25, 0.3) is 5.65 Å². The molecule has 0 saturated carbocycles. The van der Waals surface area contributed by atoms with Crippen LogP contribution in [0.15, 0.2) is 47.2 Å². The summed E-state index contributed by atoms with van der Waals surface area (Å²) in [6, 6.07) is 7.10. The van der Waals surface area contributed by atoms with Gasteiger partial charge in [-0.15, -0.1) is 10.2 Å². The molecule has 0 spiro atoms. The number of furan rings is 1. The first-order valence-corrected chi connectivity index (χ1v) is 10.2. The smallest absolute Gasteiger partial charge is 0.325 e. The third kappa shape index (κ3) is 4.42. The number of imide groups is 1. The lowest BCUT2D eigenvalue weighted by Gasteiger charge is -2.20. The zero-order chi connectivity index (χ0) is 22.0. The third-order valence-corrected chi connectivity index (χ3v) is 5.08. The van der Waals surface area contributed by atoms with Crippen LogP contribution in [-0.4, -0.2) is 43.4 Å². The molecule has 1 saturated heterocycles. The molecule has 1 aliphatic rings. The van der Waals surface area contributed by atoms with Crippen LogP contribution >= 0.6 is 0 Å². The summed E-state index contributed by atoms with van der Waals surface area (Å²) in [5.74, 6) is 0.600. The number of carbonyl (C=O) groups is 3. The summed E-state index contributed by atoms with van der Waals surface area (Å²) in [4.78, 5) is 38.7. The van der Waals surface area contributed by atoms with E-state index in [9.17, 15) is 14.4 Å². The quantitative estimate of drug-likeness (QED) is 0.534. The Bertz CT molecular complexity index is 1090. The van der Waals surface area contributed by atoms with E-state index in [1.54, 1.807) is 12.1 Å². The fraction of sp³-hybridized carbons (Fsp3) is 0.381. The Hall–Kier alpha value is -3.69. The van der Waals surface area contributed by atoms with Crippen molar-refractivity contribution in [3.63, 3.8) is 0 Å². The lowest BCUT2D eigenvalue weighted by atomic mass is 10.0. The highest BCUT2D eigenvalue weighted by Gasteiger charge is 2.39. The van der Waals surface area contributed by atoms with Gasteiger partial charge in [0.05, 0.1) is 25.3 Å². The van der Waals surface area contributed by atoms with Crippen molar-refractivity contribution < 1.29 is 18.8 Å². The number of fused-ring (bicyclic) bond motifs is 1. The average molecular weight is 424 g/mol. The van der Waals surface area contributed by atoms with Crippen LogP contribution in [0, 0.1) is 5.92 Å². The summed E-state index contributed by atoms with van der Waals surface area (Å²) < 4.78 is 7.04. The van der Waals surface area contributed by atoms with E-state index in [1.807, 2.05) is 28.8 Å². The van der Waals surface area contributed by atoms with E-state index in [2.05, 4.69) is 34.7 Å². The molecule has 0 radical (unpaired) electrons. The molecule has 0 aromatic carbocycles. The van der Waals surface area contributed by atoms with Crippen molar-refractivity contribution in [2.45, 2.75) is 45.3 Å². The van der Waals surface area contributed by atoms with E-state index in [0.29, 0.717) is 23.7 Å². The first-order chi connectivity index (χ1) is 14.9. The molecule has 0 unspecified atom stereocenters. The van der Waals surface area contributed by atoms with Crippen LogP contribution < -0.4 is 10.6 Å². The van der Waals surface area contributed by atoms with Gasteiger partial charge in [-0.1, -0.05) is 19.9 Å². The van der Waals surface area contributed by atoms with Crippen molar-refractivity contribution >= 4 is 23.5 Å². The van der Waals surface area contributed by atoms with E-state index in [4.69, 9.17) is 4.42 Å². The standard InChI is InChI=1S/C21H24N6O4/c1-13(2)10-15(19-25-24-17-7-3-4-8-26(17)19)22-18(28)11-16-20(29)27(21(30)23-16)12-14-6-5-9-31-14/h3-9,13,15-16H,10-12H2,1-2H3,(H,22,28)(H,23,30)/t15-,16+/m1/s1. The molecule has 4 amide bonds. The first kappa shape index (κ1) is 20.6. The number of nitrogens with one attached hydrogen (secondary N) is 2. The maximum atomic E-state index is 12.8. The summed E-state index contributed by atoms with van der Waals surface area (Å²) in [5, 5.41) is 14.0. The van der Waals surface area contributed by atoms with Crippen molar-refractivity contribution in [3.05, 3.63) is 54.4 Å². The van der Waals surface area contributed by atoms with Gasteiger partial charge in [0.15, 0.2) is 11.5 Å². The predicted molar refractivity (Wildman–Crippen MR) is 110 cm³/mol. The van der Waals surface area contributed by atoms with Gasteiger partial charge in [0, 0.05) is 6.20 Å². The molecule has 3 aromatic heterocycles. The summed E-state index contributed by atoms with van der Waals surface area (Å²) >= 11 is 0. The van der Waals surface area contributed by atoms with Gasteiger partial charge in [0.1, 0.15) is 11.8 Å². The second-order valence-electron chi connectivity index (χ2n) is 7.95. The lowest BCUT2D eigenvalue weighted by Crippen LogP contribution is -2.38. The van der Waals surface area contributed by atoms with Crippen LogP contribution in [0.5, 0.6) is 0 Å². The minimum Gasteiger partial charge on any atom is -0.467 e. The maximum absolute atomic E-state index is 12.8. The highest BCUT2D eigenvalue weighted by atomic mass is 16.3. The number of hydrogen-bond donors (Lipinski definition) is 2. The fourth-order valence-electron chi connectivity index (χ4n) is 3.66. The predicted octanol–water partition coefficient (Wildman–Crippen LogP) is 2.04. The van der Waals surface area contributed by atoms with Crippen molar-refractivity contribution in [2.75, 3.05) is 0 Å². The second-order valence-corrected chi connectivity index (χ2v) is 7.95. The van der Waals surface area contributed by atoms with E-state index in [0.717, 1.165) is 4.90 Å². The molecule has 4 rings (SSSR count). The number of amides is 4. The maximum Gasteiger partial charge on any atom is 0.325 e. The first-order valence-electron chi connectivity index (χ1n) is 10.2. The Morgan fingerprint density at radius 2 is 2.06 bits per heavy atom. The molecule has 3 aromatic rings. The second kappa shape index (κ2) is 8.58. The molecule has 2 atom stereocenters. The zero-order valence-corrected chi connectivity index (χ0v) is 17.3. The van der Waals surface area contributed by atoms with Crippen LogP contribution in [0.3, 0.4) is 0 Å². The van der Waals surface area contributed by atoms with Gasteiger partial charge in [0.25, 0.3) is 5.91 Å². The number of pyridine rings is 1. The highest BCUT2D eigenvalue weighted by molar-refractivity contribution is 6.05. The Kier molecular flexibility index (Phi) is 5.70. The molecule has 31 heavy (non-hydrogen) atoms. The fourth-order valence-corrected chi connectivity index (χ4v) is 3.66. The Labute approximate surface area is 178 Å². The van der Waals surface area contributed by atoms with E-state index in [-0.39, 0.29) is 30.8 Å². The van der Waals surface area contributed by atoms with E-state index >= 15 is 0 Å². The third-order valence-electron chi connectivity index (χ3n) is 5.08. The Morgan fingerprint density at radius 3 is 2.81 bits per heavy atom. The highest BCUT2D eigenvalue weighted by Crippen LogP contribution is 2.21. The van der Waals surface area contributed by atoms with Gasteiger partial charge < -0.3 is 15.1 Å². The SMILES string of the molecule is CC(C)C[C@@H](NC(=O)C[C@@H]1NC(=O)N(Cc2ccco2)C1=O)c1nnc2ccccn12. The van der Waals surface area contributed by atoms with Gasteiger partial charge >= 0.3 is 6.03 Å². The Balaban J connectivity index is 1.44. The average Bonchev–Trinajstić information content (AvgIpc) is 3.44. The van der Waals surface area contributed by atoms with Crippen molar-refractivity contribution in [3.8, 4) is 0 Å². The van der Waals surface area contributed by atoms with Gasteiger partial charge in [0.2, 0.25) is 5.91 Å². The summed E-state index contributed by atoms with van der Waals surface area (Å²) in [7, 11) is 0. The number of urea groups is 1. The van der Waals surface area contributed by atoms with E-state index in [1.165, 1.54) is 6.26 Å². The largest absolute Gasteiger partial charge is 0.467 e. The molecule has 10 nitrogen and oxygen atoms in total. The van der Waals surface area contributed by atoms with Crippen molar-refractivity contribution in [1.29, 1.82) is 0 Å². The molecule has 1 fully saturated rings. The normalized spacial score (nSPS) is 17.4. The number of hydrogen-bond acceptors (Lipinski definition) is 6. The number of rotatable bonds is 8. The molecule has 4 heterocycles. The molecule has 0 bridgehead atoms. The van der Waals surface area contributed by atoms with Gasteiger partial charge in [-0.2, -0.15) is 0 Å². The summed E-state index contributed by atoms with van der Waals surface area (Å²) in [5.41, 5.74) is 0.687. The summed E-state index contributed by atoms with van der Waals surface area (Å²) in [6.07, 6.45) is 3.81. The van der Waals surface area contributed by atoms with Gasteiger partial charge in [-0.05, 0) is 36.6 Å². The zero-order valence-electron chi connectivity index (χ0n) is 17.3. The number of nitrogens with zero attached hydrogens (tertiary/aromatic N) is 4. The minimum absolute atomic E-state index is 0.0253. The van der Waals surface area contributed by atoms with Crippen LogP contribution in [0.2, 0.25) is 0 Å². The van der Waals surface area contributed by atoms with Crippen LogP contribution in [0.1, 0.15) is 44.3 Å². The molecule has 10 heteroatoms. The molecule has 1 aliphatic heterocycles. The molecule has 162 valence electrons. The van der Waals surface area contributed by atoms with Crippen LogP contribution in [0.4, 0.5) is 4.79 Å². The van der Waals surface area contributed by atoms with Crippen LogP contribution in [-0.2, 0) is 16.1 Å². The molecular formula is C21H24N6O4. The molecule has 0 aliphatic carbocycles. The van der Waals surface area contributed by atoms with E-state index < -0.39 is 18.0 Å². The molecule has 2 N–H and O–H groups in total. The van der Waals surface area contributed by atoms with Crippen molar-refractivity contribution in [2.24, 2.45) is 5.92 Å². The lowest BCUT2D eigenvalue weighted by molar-refractivity contribution is -0.131. The monoisotopic (exact) mass is 424 g/mol. The van der Waals surface area contributed by atoms with Gasteiger partial charge in [-0.3, -0.25) is 18.9 Å².